The molecule has 3 aliphatic carbocycles. The molecule has 3 aliphatic rings. The highest BCUT2D eigenvalue weighted by Gasteiger charge is 2.60. The minimum absolute atomic E-state index is 0.0324. The molecule has 3 fully saturated rings. The summed E-state index contributed by atoms with van der Waals surface area (Å²) in [5, 5.41) is 8.84. The standard InChI is InChI=1S/C9H14O2/c1-9(2)5-3-6(8(10)11)7(9)4-5/h5-7H,3-4H2,1-2H3,(H,10,11)/t5-,6-,7+/m0/s1. The number of aliphatic carboxylic acids is 1. The first-order valence-electron chi connectivity index (χ1n) is 4.26. The van der Waals surface area contributed by atoms with Crippen molar-refractivity contribution in [2.75, 3.05) is 0 Å². The van der Waals surface area contributed by atoms with E-state index in [1.807, 2.05) is 0 Å². The number of hydrogen-bond donors (Lipinski definition) is 1. The molecule has 3 rings (SSSR count). The van der Waals surface area contributed by atoms with Gasteiger partial charge in [-0.25, -0.2) is 0 Å². The number of hydrogen-bond acceptors (Lipinski definition) is 1. The van der Waals surface area contributed by atoms with Gasteiger partial charge in [-0.1, -0.05) is 13.8 Å². The van der Waals surface area contributed by atoms with Crippen LogP contribution >= 0.6 is 0 Å². The molecule has 0 spiro atoms. The second-order valence-electron chi connectivity index (χ2n) is 4.54. The van der Waals surface area contributed by atoms with Gasteiger partial charge in [0.2, 0.25) is 0 Å². The monoisotopic (exact) mass is 154 g/mol. The summed E-state index contributed by atoms with van der Waals surface area (Å²) in [4.78, 5) is 10.7. The van der Waals surface area contributed by atoms with Crippen LogP contribution in [0.15, 0.2) is 0 Å². The average molecular weight is 154 g/mol. The highest BCUT2D eigenvalue weighted by molar-refractivity contribution is 5.71. The highest BCUT2D eigenvalue weighted by Crippen LogP contribution is 2.64. The second kappa shape index (κ2) is 1.79. The zero-order valence-electron chi connectivity index (χ0n) is 7.00. The molecular weight excluding hydrogens is 140 g/mol. The first-order chi connectivity index (χ1) is 5.03. The third kappa shape index (κ3) is 0.700. The van der Waals surface area contributed by atoms with Gasteiger partial charge in [-0.3, -0.25) is 4.79 Å². The van der Waals surface area contributed by atoms with Gasteiger partial charge in [0, 0.05) is 0 Å². The summed E-state index contributed by atoms with van der Waals surface area (Å²) in [6, 6.07) is 0. The van der Waals surface area contributed by atoms with Crippen LogP contribution in [0, 0.1) is 23.2 Å². The first-order valence-corrected chi connectivity index (χ1v) is 4.26. The summed E-state index contributed by atoms with van der Waals surface area (Å²) >= 11 is 0. The molecule has 0 aromatic heterocycles. The molecule has 2 bridgehead atoms. The third-order valence-corrected chi connectivity index (χ3v) is 3.89. The van der Waals surface area contributed by atoms with Crippen LogP contribution < -0.4 is 0 Å². The van der Waals surface area contributed by atoms with Crippen molar-refractivity contribution >= 4 is 5.97 Å². The Morgan fingerprint density at radius 2 is 2.09 bits per heavy atom. The molecule has 11 heavy (non-hydrogen) atoms. The SMILES string of the molecule is CC1(C)[C@H]2C[C@H](C(=O)O)[C@H]1C2. The number of carbonyl (C=O) groups is 1. The molecule has 0 aliphatic heterocycles. The lowest BCUT2D eigenvalue weighted by atomic mass is 9.60. The number of carboxylic acid groups (broad SMARTS) is 1. The Labute approximate surface area is 66.6 Å². The van der Waals surface area contributed by atoms with Crippen molar-refractivity contribution in [1.29, 1.82) is 0 Å². The zero-order chi connectivity index (χ0) is 8.22. The van der Waals surface area contributed by atoms with Crippen LogP contribution in [-0.2, 0) is 4.79 Å². The maximum Gasteiger partial charge on any atom is 0.306 e. The van der Waals surface area contributed by atoms with E-state index >= 15 is 0 Å². The van der Waals surface area contributed by atoms with Gasteiger partial charge in [-0.2, -0.15) is 0 Å². The Hall–Kier alpha value is -0.530. The van der Waals surface area contributed by atoms with E-state index in [1.54, 1.807) is 0 Å². The summed E-state index contributed by atoms with van der Waals surface area (Å²) in [5.74, 6) is 0.539. The molecule has 62 valence electrons. The van der Waals surface area contributed by atoms with Gasteiger partial charge in [0.1, 0.15) is 0 Å². The van der Waals surface area contributed by atoms with E-state index in [4.69, 9.17) is 5.11 Å². The molecule has 3 atom stereocenters. The van der Waals surface area contributed by atoms with E-state index in [1.165, 1.54) is 0 Å². The van der Waals surface area contributed by atoms with Gasteiger partial charge in [0.25, 0.3) is 0 Å². The molecule has 0 aromatic carbocycles. The van der Waals surface area contributed by atoms with E-state index < -0.39 is 5.97 Å². The molecule has 0 aromatic rings. The Kier molecular flexibility index (Phi) is 1.16. The number of rotatable bonds is 1. The molecular formula is C9H14O2. The van der Waals surface area contributed by atoms with E-state index in [0.29, 0.717) is 17.3 Å². The quantitative estimate of drug-likeness (QED) is 0.624. The maximum atomic E-state index is 10.7. The van der Waals surface area contributed by atoms with Crippen molar-refractivity contribution < 1.29 is 9.90 Å². The number of fused-ring (bicyclic) bond motifs is 1. The van der Waals surface area contributed by atoms with E-state index in [0.717, 1.165) is 12.8 Å². The topological polar surface area (TPSA) is 37.3 Å². The predicted octanol–water partition coefficient (Wildman–Crippen LogP) is 1.75. The maximum absolute atomic E-state index is 10.7. The molecule has 0 unspecified atom stereocenters. The van der Waals surface area contributed by atoms with E-state index in [9.17, 15) is 4.79 Å². The van der Waals surface area contributed by atoms with Crippen LogP contribution in [0.2, 0.25) is 0 Å². The third-order valence-electron chi connectivity index (χ3n) is 3.89. The van der Waals surface area contributed by atoms with Crippen LogP contribution in [0.5, 0.6) is 0 Å². The lowest BCUT2D eigenvalue weighted by molar-refractivity contribution is -0.144. The van der Waals surface area contributed by atoms with Gasteiger partial charge >= 0.3 is 5.97 Å². The molecule has 1 N–H and O–H groups in total. The molecule has 3 saturated carbocycles. The van der Waals surface area contributed by atoms with Crippen molar-refractivity contribution in [3.05, 3.63) is 0 Å². The summed E-state index contributed by atoms with van der Waals surface area (Å²) in [6.45, 7) is 4.41. The minimum atomic E-state index is -0.580. The molecule has 2 nitrogen and oxygen atoms in total. The van der Waals surface area contributed by atoms with Gasteiger partial charge in [0.15, 0.2) is 0 Å². The summed E-state index contributed by atoms with van der Waals surface area (Å²) in [5.41, 5.74) is 0.322. The zero-order valence-corrected chi connectivity index (χ0v) is 7.00. The Morgan fingerprint density at radius 1 is 1.45 bits per heavy atom. The van der Waals surface area contributed by atoms with Crippen LogP contribution in [0.1, 0.15) is 26.7 Å². The fraction of sp³-hybridized carbons (Fsp3) is 0.889. The van der Waals surface area contributed by atoms with Gasteiger partial charge in [-0.05, 0) is 30.1 Å². The highest BCUT2D eigenvalue weighted by atomic mass is 16.4. The molecule has 0 amide bonds. The Bertz CT molecular complexity index is 208. The fourth-order valence-electron chi connectivity index (χ4n) is 2.88. The van der Waals surface area contributed by atoms with Crippen LogP contribution in [-0.4, -0.2) is 11.1 Å². The van der Waals surface area contributed by atoms with E-state index in [2.05, 4.69) is 13.8 Å². The van der Waals surface area contributed by atoms with Crippen LogP contribution in [0.4, 0.5) is 0 Å². The lowest BCUT2D eigenvalue weighted by Crippen LogP contribution is -2.39. The van der Waals surface area contributed by atoms with Gasteiger partial charge in [0.05, 0.1) is 5.92 Å². The summed E-state index contributed by atoms with van der Waals surface area (Å²) in [6.07, 6.45) is 2.08. The van der Waals surface area contributed by atoms with Crippen LogP contribution in [0.25, 0.3) is 0 Å². The predicted molar refractivity (Wildman–Crippen MR) is 41.1 cm³/mol. The summed E-state index contributed by atoms with van der Waals surface area (Å²) in [7, 11) is 0. The summed E-state index contributed by atoms with van der Waals surface area (Å²) < 4.78 is 0. The van der Waals surface area contributed by atoms with Crippen molar-refractivity contribution in [2.45, 2.75) is 26.7 Å². The average Bonchev–Trinajstić information content (AvgIpc) is 2.40. The van der Waals surface area contributed by atoms with Gasteiger partial charge < -0.3 is 5.11 Å². The van der Waals surface area contributed by atoms with Gasteiger partial charge in [-0.15, -0.1) is 0 Å². The Morgan fingerprint density at radius 3 is 2.27 bits per heavy atom. The van der Waals surface area contributed by atoms with Crippen molar-refractivity contribution in [3.63, 3.8) is 0 Å². The number of carboxylic acids is 1. The first kappa shape index (κ1) is 7.14. The molecule has 0 radical (unpaired) electrons. The Balaban J connectivity index is 2.18. The van der Waals surface area contributed by atoms with E-state index in [-0.39, 0.29) is 5.92 Å². The lowest BCUT2D eigenvalue weighted by Gasteiger charge is -2.44. The van der Waals surface area contributed by atoms with Crippen molar-refractivity contribution in [1.82, 2.24) is 0 Å². The van der Waals surface area contributed by atoms with Crippen molar-refractivity contribution in [2.24, 2.45) is 23.2 Å². The van der Waals surface area contributed by atoms with Crippen molar-refractivity contribution in [3.8, 4) is 0 Å². The molecule has 0 heterocycles. The second-order valence-corrected chi connectivity index (χ2v) is 4.54. The molecule has 0 saturated heterocycles. The normalized spacial score (nSPS) is 45.1. The fourth-order valence-corrected chi connectivity index (χ4v) is 2.88. The van der Waals surface area contributed by atoms with Crippen LogP contribution in [0.3, 0.4) is 0 Å². The smallest absolute Gasteiger partial charge is 0.306 e. The minimum Gasteiger partial charge on any atom is -0.481 e. The molecule has 2 heteroatoms. The largest absolute Gasteiger partial charge is 0.481 e.